The lowest BCUT2D eigenvalue weighted by Gasteiger charge is -2.18. The van der Waals surface area contributed by atoms with E-state index in [4.69, 9.17) is 9.47 Å². The van der Waals surface area contributed by atoms with Gasteiger partial charge in [-0.15, -0.1) is 0 Å². The van der Waals surface area contributed by atoms with Gasteiger partial charge < -0.3 is 24.3 Å². The van der Waals surface area contributed by atoms with Crippen molar-refractivity contribution in [1.82, 2.24) is 14.5 Å². The minimum absolute atomic E-state index is 0.273. The Morgan fingerprint density at radius 3 is 2.75 bits per heavy atom. The second-order valence-corrected chi connectivity index (χ2v) is 5.14. The topological polar surface area (TPSA) is 51.5 Å². The number of nitrogens with zero attached hydrogens (tertiary/aromatic N) is 3. The van der Waals surface area contributed by atoms with E-state index in [0.29, 0.717) is 6.61 Å². The predicted molar refractivity (Wildman–Crippen MR) is 81.4 cm³/mol. The average molecular weight is 284 g/mol. The molecule has 1 aromatic heterocycles. The third kappa shape index (κ3) is 5.48. The highest BCUT2D eigenvalue weighted by Gasteiger charge is 2.11. The van der Waals surface area contributed by atoms with Crippen LogP contribution in [-0.4, -0.2) is 68.6 Å². The maximum absolute atomic E-state index is 5.21. The van der Waals surface area contributed by atoms with Gasteiger partial charge in [-0.05, 0) is 20.9 Å². The van der Waals surface area contributed by atoms with Gasteiger partial charge in [0.1, 0.15) is 0 Å². The van der Waals surface area contributed by atoms with Crippen LogP contribution in [0.2, 0.25) is 0 Å². The Balaban J connectivity index is 2.47. The fraction of sp³-hybridized carbons (Fsp3) is 0.786. The molecule has 0 fully saturated rings. The molecule has 0 spiro atoms. The molecule has 0 saturated carbocycles. The number of nitrogens with one attached hydrogen (secondary N) is 1. The monoisotopic (exact) mass is 284 g/mol. The molecule has 1 N–H and O–H groups in total. The number of hydrogen-bond donors (Lipinski definition) is 1. The first-order valence-electron chi connectivity index (χ1n) is 7.04. The van der Waals surface area contributed by atoms with Crippen molar-refractivity contribution >= 4 is 5.95 Å². The van der Waals surface area contributed by atoms with E-state index >= 15 is 0 Å². The quantitative estimate of drug-likeness (QED) is 0.703. The molecule has 0 aliphatic heterocycles. The van der Waals surface area contributed by atoms with Crippen molar-refractivity contribution in [2.24, 2.45) is 0 Å². The molecule has 0 aromatic carbocycles. The van der Waals surface area contributed by atoms with Crippen LogP contribution in [0.1, 0.15) is 18.7 Å². The van der Waals surface area contributed by atoms with Crippen LogP contribution in [0.5, 0.6) is 0 Å². The zero-order valence-corrected chi connectivity index (χ0v) is 13.3. The smallest absolute Gasteiger partial charge is 0.203 e. The van der Waals surface area contributed by atoms with Crippen LogP contribution in [0, 0.1) is 6.92 Å². The summed E-state index contributed by atoms with van der Waals surface area (Å²) in [5.74, 6) is 0.909. The molecule has 1 heterocycles. The molecule has 0 aliphatic carbocycles. The van der Waals surface area contributed by atoms with Gasteiger partial charge in [0.15, 0.2) is 0 Å². The van der Waals surface area contributed by atoms with Crippen molar-refractivity contribution < 1.29 is 9.47 Å². The highest BCUT2D eigenvalue weighted by molar-refractivity contribution is 5.29. The van der Waals surface area contributed by atoms with Gasteiger partial charge in [0.25, 0.3) is 0 Å². The average Bonchev–Trinajstić information content (AvgIpc) is 2.78. The number of imidazole rings is 1. The Morgan fingerprint density at radius 2 is 2.10 bits per heavy atom. The van der Waals surface area contributed by atoms with E-state index in [9.17, 15) is 0 Å². The molecule has 0 saturated heterocycles. The van der Waals surface area contributed by atoms with Gasteiger partial charge in [0.2, 0.25) is 5.95 Å². The van der Waals surface area contributed by atoms with Crippen molar-refractivity contribution in [3.63, 3.8) is 0 Å². The Kier molecular flexibility index (Phi) is 7.58. The van der Waals surface area contributed by atoms with E-state index in [1.807, 2.05) is 6.92 Å². The number of aromatic nitrogens is 2. The van der Waals surface area contributed by atoms with Crippen molar-refractivity contribution in [3.8, 4) is 0 Å². The minimum atomic E-state index is 0.273. The van der Waals surface area contributed by atoms with Crippen molar-refractivity contribution in [1.29, 1.82) is 0 Å². The van der Waals surface area contributed by atoms with Crippen LogP contribution in [0.3, 0.4) is 0 Å². The van der Waals surface area contributed by atoms with Gasteiger partial charge in [0.05, 0.1) is 24.9 Å². The first kappa shape index (κ1) is 16.9. The van der Waals surface area contributed by atoms with E-state index in [0.717, 1.165) is 37.9 Å². The van der Waals surface area contributed by atoms with Crippen LogP contribution in [0.4, 0.5) is 5.95 Å². The molecule has 0 amide bonds. The van der Waals surface area contributed by atoms with Gasteiger partial charge in [-0.25, -0.2) is 4.98 Å². The number of likely N-dealkylation sites (N-methyl/N-ethyl adjacent to an activating group) is 1. The Hall–Kier alpha value is -1.11. The second-order valence-electron chi connectivity index (χ2n) is 5.14. The minimum Gasteiger partial charge on any atom is -0.383 e. The highest BCUT2D eigenvalue weighted by Crippen LogP contribution is 2.15. The number of anilines is 1. The summed E-state index contributed by atoms with van der Waals surface area (Å²) < 4.78 is 12.4. The number of aryl methyl sites for hydroxylation is 1. The third-order valence-electron chi connectivity index (χ3n) is 3.19. The van der Waals surface area contributed by atoms with Crippen molar-refractivity contribution in [3.05, 3.63) is 11.9 Å². The number of hydrogen-bond acceptors (Lipinski definition) is 5. The van der Waals surface area contributed by atoms with E-state index in [2.05, 4.69) is 39.9 Å². The molecule has 0 radical (unpaired) electrons. The Morgan fingerprint density at radius 1 is 1.35 bits per heavy atom. The van der Waals surface area contributed by atoms with Crippen molar-refractivity contribution in [2.45, 2.75) is 19.9 Å². The molecular formula is C14H28N4O2. The molecule has 6 heteroatoms. The summed E-state index contributed by atoms with van der Waals surface area (Å²) in [4.78, 5) is 6.76. The van der Waals surface area contributed by atoms with Crippen LogP contribution in [0.15, 0.2) is 6.20 Å². The molecule has 1 unspecified atom stereocenters. The second kappa shape index (κ2) is 8.94. The summed E-state index contributed by atoms with van der Waals surface area (Å²) >= 11 is 0. The van der Waals surface area contributed by atoms with Crippen LogP contribution in [-0.2, 0) is 9.47 Å². The molecule has 1 rings (SSSR count). The van der Waals surface area contributed by atoms with Crippen LogP contribution < -0.4 is 5.32 Å². The summed E-state index contributed by atoms with van der Waals surface area (Å²) in [6.07, 6.45) is 2.06. The normalized spacial score (nSPS) is 12.9. The molecule has 6 nitrogen and oxygen atoms in total. The number of ether oxygens (including phenoxy) is 2. The van der Waals surface area contributed by atoms with E-state index in [1.54, 1.807) is 14.2 Å². The predicted octanol–water partition coefficient (Wildman–Crippen LogP) is 1.39. The van der Waals surface area contributed by atoms with Gasteiger partial charge in [-0.1, -0.05) is 0 Å². The lowest BCUT2D eigenvalue weighted by molar-refractivity contribution is 0.162. The summed E-state index contributed by atoms with van der Waals surface area (Å²) in [6, 6.07) is 0.273. The first-order valence-corrected chi connectivity index (χ1v) is 7.04. The van der Waals surface area contributed by atoms with E-state index in [1.165, 1.54) is 0 Å². The van der Waals surface area contributed by atoms with E-state index < -0.39 is 0 Å². The molecule has 0 aliphatic rings. The summed E-state index contributed by atoms with van der Waals surface area (Å²) in [7, 11) is 5.53. The highest BCUT2D eigenvalue weighted by atomic mass is 16.5. The van der Waals surface area contributed by atoms with E-state index in [-0.39, 0.29) is 6.04 Å². The van der Waals surface area contributed by atoms with Crippen molar-refractivity contribution in [2.75, 3.05) is 59.4 Å². The van der Waals surface area contributed by atoms with Gasteiger partial charge in [-0.3, -0.25) is 0 Å². The molecule has 1 atom stereocenters. The molecular weight excluding hydrogens is 256 g/mol. The summed E-state index contributed by atoms with van der Waals surface area (Å²) in [6.45, 7) is 8.32. The Bertz CT molecular complexity index is 381. The standard InChI is InChI=1S/C14H28N4O2/c1-12-10-18(13(2)11-20-5)14(16-12)15-6-7-17(3)8-9-19-4/h10,13H,6-9,11H2,1-5H3,(H,15,16). The fourth-order valence-electron chi connectivity index (χ4n) is 2.02. The summed E-state index contributed by atoms with van der Waals surface area (Å²) in [5, 5.41) is 3.39. The zero-order chi connectivity index (χ0) is 15.0. The Labute approximate surface area is 122 Å². The lowest BCUT2D eigenvalue weighted by Crippen LogP contribution is -2.29. The lowest BCUT2D eigenvalue weighted by atomic mass is 10.3. The van der Waals surface area contributed by atoms with Crippen LogP contribution >= 0.6 is 0 Å². The largest absolute Gasteiger partial charge is 0.383 e. The van der Waals surface area contributed by atoms with Crippen LogP contribution in [0.25, 0.3) is 0 Å². The number of rotatable bonds is 10. The first-order chi connectivity index (χ1) is 9.58. The number of methoxy groups -OCH3 is 2. The SMILES string of the molecule is COCCN(C)CCNc1nc(C)cn1C(C)COC. The maximum Gasteiger partial charge on any atom is 0.203 e. The molecule has 1 aromatic rings. The molecule has 20 heavy (non-hydrogen) atoms. The van der Waals surface area contributed by atoms with Gasteiger partial charge >= 0.3 is 0 Å². The third-order valence-corrected chi connectivity index (χ3v) is 3.19. The summed E-state index contributed by atoms with van der Waals surface area (Å²) in [5.41, 5.74) is 1.02. The zero-order valence-electron chi connectivity index (χ0n) is 13.3. The maximum atomic E-state index is 5.21. The van der Waals surface area contributed by atoms with Gasteiger partial charge in [-0.2, -0.15) is 0 Å². The fourth-order valence-corrected chi connectivity index (χ4v) is 2.02. The molecule has 116 valence electrons. The molecule has 0 bridgehead atoms. The van der Waals surface area contributed by atoms with Gasteiger partial charge in [0, 0.05) is 40.1 Å².